The maximum atomic E-state index is 12.4. The van der Waals surface area contributed by atoms with Crippen molar-refractivity contribution in [3.8, 4) is 0 Å². The van der Waals surface area contributed by atoms with Crippen molar-refractivity contribution < 1.29 is 37.6 Å². The highest BCUT2D eigenvalue weighted by molar-refractivity contribution is 7.47. The summed E-state index contributed by atoms with van der Waals surface area (Å²) >= 11 is 0. The molecule has 260 valence electrons. The van der Waals surface area contributed by atoms with Crippen LogP contribution in [-0.2, 0) is 32.7 Å². The lowest BCUT2D eigenvalue weighted by atomic mass is 10.1. The minimum absolute atomic E-state index is 0.00150. The average Bonchev–Trinajstić information content (AvgIpc) is 2.99. The van der Waals surface area contributed by atoms with E-state index < -0.39 is 26.5 Å². The topological polar surface area (TPSA) is 108 Å². The fraction of sp³-hybridized carbons (Fsp3) is 0.886. The fourth-order valence-electron chi connectivity index (χ4n) is 4.92. The maximum Gasteiger partial charge on any atom is 0.472 e. The fourth-order valence-corrected chi connectivity index (χ4v) is 5.67. The summed E-state index contributed by atoms with van der Waals surface area (Å²) in [5.41, 5.74) is 0. The van der Waals surface area contributed by atoms with Crippen molar-refractivity contribution in [3.63, 3.8) is 0 Å². The Kier molecular flexibility index (Phi) is 30.9. The van der Waals surface area contributed by atoms with Gasteiger partial charge in [0.15, 0.2) is 6.10 Å². The molecule has 0 bridgehead atoms. The van der Waals surface area contributed by atoms with Crippen LogP contribution in [0.1, 0.15) is 175 Å². The lowest BCUT2D eigenvalue weighted by molar-refractivity contribution is -0.161. The van der Waals surface area contributed by atoms with E-state index in [-0.39, 0.29) is 25.6 Å². The van der Waals surface area contributed by atoms with Gasteiger partial charge in [-0.25, -0.2) is 4.57 Å². The van der Waals surface area contributed by atoms with E-state index >= 15 is 0 Å². The molecule has 8 nitrogen and oxygen atoms in total. The molecule has 0 saturated heterocycles. The quantitative estimate of drug-likeness (QED) is 0.0325. The van der Waals surface area contributed by atoms with Crippen LogP contribution in [0.3, 0.4) is 0 Å². The summed E-state index contributed by atoms with van der Waals surface area (Å²) < 4.78 is 32.4. The number of phosphoric acid groups is 1. The lowest BCUT2D eigenvalue weighted by Crippen LogP contribution is -2.29. The Bertz CT molecular complexity index is 742. The predicted molar refractivity (Wildman–Crippen MR) is 180 cm³/mol. The third kappa shape index (κ3) is 30.8. The van der Waals surface area contributed by atoms with Gasteiger partial charge in [-0.15, -0.1) is 0 Å². The molecule has 0 rings (SSSR count). The molecule has 0 heterocycles. The van der Waals surface area contributed by atoms with Crippen LogP contribution < -0.4 is 0 Å². The van der Waals surface area contributed by atoms with Gasteiger partial charge < -0.3 is 14.4 Å². The zero-order valence-corrected chi connectivity index (χ0v) is 29.5. The largest absolute Gasteiger partial charge is 0.472 e. The van der Waals surface area contributed by atoms with E-state index in [1.54, 1.807) is 6.92 Å². The van der Waals surface area contributed by atoms with Crippen LogP contribution in [-0.4, -0.2) is 42.8 Å². The molecule has 0 saturated carbocycles. The highest BCUT2D eigenvalue weighted by Gasteiger charge is 2.25. The maximum absolute atomic E-state index is 12.4. The van der Waals surface area contributed by atoms with Crippen molar-refractivity contribution in [1.82, 2.24) is 0 Å². The number of esters is 2. The molecule has 2 unspecified atom stereocenters. The molecule has 0 aliphatic heterocycles. The van der Waals surface area contributed by atoms with Gasteiger partial charge in [-0.05, 0) is 45.4 Å². The van der Waals surface area contributed by atoms with Crippen LogP contribution in [0.25, 0.3) is 0 Å². The van der Waals surface area contributed by atoms with Crippen LogP contribution in [0.5, 0.6) is 0 Å². The van der Waals surface area contributed by atoms with Crippen molar-refractivity contribution in [1.29, 1.82) is 0 Å². The first kappa shape index (κ1) is 42.8. The third-order valence-electron chi connectivity index (χ3n) is 7.57. The van der Waals surface area contributed by atoms with Crippen LogP contribution in [0.4, 0.5) is 0 Å². The zero-order chi connectivity index (χ0) is 32.6. The van der Waals surface area contributed by atoms with E-state index in [0.717, 1.165) is 51.4 Å². The summed E-state index contributed by atoms with van der Waals surface area (Å²) in [6.45, 7) is 5.43. The Morgan fingerprint density at radius 3 is 1.52 bits per heavy atom. The second-order valence-corrected chi connectivity index (χ2v) is 13.3. The van der Waals surface area contributed by atoms with Crippen LogP contribution in [0.2, 0.25) is 0 Å². The minimum atomic E-state index is -4.27. The number of ether oxygens (including phenoxy) is 2. The first-order valence-electron chi connectivity index (χ1n) is 18.0. The van der Waals surface area contributed by atoms with Gasteiger partial charge in [0.25, 0.3) is 0 Å². The number of hydrogen-bond donors (Lipinski definition) is 1. The van der Waals surface area contributed by atoms with E-state index in [4.69, 9.17) is 18.5 Å². The second-order valence-electron chi connectivity index (χ2n) is 11.9. The third-order valence-corrected chi connectivity index (χ3v) is 8.63. The number of carbonyl (C=O) groups is 2. The second kappa shape index (κ2) is 31.8. The first-order chi connectivity index (χ1) is 21.3. The van der Waals surface area contributed by atoms with Gasteiger partial charge in [-0.3, -0.25) is 18.6 Å². The number of rotatable bonds is 33. The SMILES string of the molecule is CCCCCC/C=C\CCCCCCCC(=O)OC(COC(=O)CCCCCCCCCCCCC)COP(=O)(O)OCC. The Hall–Kier alpha value is -1.21. The Morgan fingerprint density at radius 1 is 0.591 bits per heavy atom. The number of carbonyl (C=O) groups excluding carboxylic acids is 2. The average molecular weight is 647 g/mol. The van der Waals surface area contributed by atoms with E-state index in [1.165, 1.54) is 83.5 Å². The standard InChI is InChI=1S/C35H67O8P/c1-4-7-9-11-13-15-17-18-20-22-24-26-28-30-35(37)43-33(32-42-44(38,39)41-6-3)31-40-34(36)29-27-25-23-21-19-16-14-12-10-8-5-2/h15,17,33H,4-14,16,18-32H2,1-3H3,(H,38,39)/b17-15-. The molecule has 0 fully saturated rings. The zero-order valence-electron chi connectivity index (χ0n) is 28.6. The van der Waals surface area contributed by atoms with Gasteiger partial charge >= 0.3 is 19.8 Å². The van der Waals surface area contributed by atoms with Gasteiger partial charge in [0.05, 0.1) is 13.2 Å². The Labute approximate surface area is 270 Å². The summed E-state index contributed by atoms with van der Waals surface area (Å²) in [5, 5.41) is 0. The first-order valence-corrected chi connectivity index (χ1v) is 19.5. The molecule has 0 aromatic rings. The number of unbranched alkanes of at least 4 members (excludes halogenated alkanes) is 19. The number of phosphoric ester groups is 1. The van der Waals surface area contributed by atoms with Gasteiger partial charge in [0.2, 0.25) is 0 Å². The predicted octanol–water partition coefficient (Wildman–Crippen LogP) is 10.6. The molecule has 0 amide bonds. The Morgan fingerprint density at radius 2 is 1.02 bits per heavy atom. The molecule has 0 aromatic carbocycles. The van der Waals surface area contributed by atoms with Gasteiger partial charge in [-0.2, -0.15) is 0 Å². The monoisotopic (exact) mass is 646 g/mol. The molecule has 1 N–H and O–H groups in total. The summed E-state index contributed by atoms with van der Waals surface area (Å²) in [7, 11) is -4.27. The van der Waals surface area contributed by atoms with Crippen molar-refractivity contribution in [2.75, 3.05) is 19.8 Å². The molecule has 0 spiro atoms. The molecular formula is C35H67O8P. The number of hydrogen-bond acceptors (Lipinski definition) is 7. The molecule has 0 aliphatic carbocycles. The normalized spacial score (nSPS) is 13.6. The molecule has 0 radical (unpaired) electrons. The summed E-state index contributed by atoms with van der Waals surface area (Å²) in [6, 6.07) is 0. The van der Waals surface area contributed by atoms with Gasteiger partial charge in [0.1, 0.15) is 6.61 Å². The summed E-state index contributed by atoms with van der Waals surface area (Å²) in [4.78, 5) is 34.5. The summed E-state index contributed by atoms with van der Waals surface area (Å²) in [5.74, 6) is -0.805. The smallest absolute Gasteiger partial charge is 0.462 e. The van der Waals surface area contributed by atoms with Crippen molar-refractivity contribution >= 4 is 19.8 Å². The Balaban J connectivity index is 4.19. The van der Waals surface area contributed by atoms with Crippen LogP contribution in [0.15, 0.2) is 12.2 Å². The van der Waals surface area contributed by atoms with E-state index in [0.29, 0.717) is 12.8 Å². The number of allylic oxidation sites excluding steroid dienone is 2. The molecule has 44 heavy (non-hydrogen) atoms. The molecular weight excluding hydrogens is 579 g/mol. The molecule has 2 atom stereocenters. The lowest BCUT2D eigenvalue weighted by Gasteiger charge is -2.19. The van der Waals surface area contributed by atoms with Gasteiger partial charge in [0, 0.05) is 12.8 Å². The van der Waals surface area contributed by atoms with Crippen molar-refractivity contribution in [2.24, 2.45) is 0 Å². The molecule has 0 aliphatic rings. The van der Waals surface area contributed by atoms with E-state index in [1.807, 2.05) is 0 Å². The van der Waals surface area contributed by atoms with E-state index in [2.05, 4.69) is 26.0 Å². The summed E-state index contributed by atoms with van der Waals surface area (Å²) in [6.07, 6.45) is 29.7. The van der Waals surface area contributed by atoms with Gasteiger partial charge in [-0.1, -0.05) is 129 Å². The van der Waals surface area contributed by atoms with Crippen LogP contribution >= 0.6 is 7.82 Å². The molecule has 0 aromatic heterocycles. The highest BCUT2D eigenvalue weighted by atomic mass is 31.2. The van der Waals surface area contributed by atoms with Crippen molar-refractivity contribution in [3.05, 3.63) is 12.2 Å². The van der Waals surface area contributed by atoms with Crippen molar-refractivity contribution in [2.45, 2.75) is 181 Å². The molecule has 9 heteroatoms. The van der Waals surface area contributed by atoms with Crippen LogP contribution in [0, 0.1) is 0 Å². The van der Waals surface area contributed by atoms with E-state index in [9.17, 15) is 19.0 Å². The highest BCUT2D eigenvalue weighted by Crippen LogP contribution is 2.43. The minimum Gasteiger partial charge on any atom is -0.462 e.